The van der Waals surface area contributed by atoms with E-state index in [1.54, 1.807) is 22.2 Å². The number of fused-ring (bicyclic) bond motifs is 1. The minimum Gasteiger partial charge on any atom is -0.340 e. The van der Waals surface area contributed by atoms with Crippen LogP contribution in [0.4, 0.5) is 5.95 Å². The van der Waals surface area contributed by atoms with Crippen molar-refractivity contribution >= 4 is 44.2 Å². The third kappa shape index (κ3) is 3.18. The summed E-state index contributed by atoms with van der Waals surface area (Å²) in [6.45, 7) is 6.78. The Morgan fingerprint density at radius 3 is 2.74 bits per heavy atom. The van der Waals surface area contributed by atoms with Crippen LogP contribution in [0.3, 0.4) is 0 Å². The molecule has 0 aromatic carbocycles. The van der Waals surface area contributed by atoms with Crippen LogP contribution in [0.15, 0.2) is 26.9 Å². The van der Waals surface area contributed by atoms with Gasteiger partial charge in [0.25, 0.3) is 5.56 Å². The predicted molar refractivity (Wildman–Crippen MR) is 97.3 cm³/mol. The lowest BCUT2D eigenvalue weighted by atomic mass is 10.1. The Kier molecular flexibility index (Phi) is 4.05. The Hall–Kier alpha value is -1.67. The molecule has 0 saturated carbocycles. The first-order valence-corrected chi connectivity index (χ1v) is 8.80. The van der Waals surface area contributed by atoms with Crippen molar-refractivity contribution in [2.45, 2.75) is 32.9 Å². The molecule has 8 heteroatoms. The highest BCUT2D eigenvalue weighted by Gasteiger charge is 2.20. The fraction of sp³-hybridized carbons (Fsp3) is 0.400. The SMILES string of the molecule is CN(Cc1ccc(Br)s1)c1nc2c(cnn2C(C)(C)C)c(=O)[nH]1. The van der Waals surface area contributed by atoms with E-state index in [1.807, 2.05) is 38.8 Å². The molecule has 0 aliphatic heterocycles. The fourth-order valence-electron chi connectivity index (χ4n) is 2.32. The van der Waals surface area contributed by atoms with Crippen molar-refractivity contribution in [3.8, 4) is 0 Å². The molecule has 3 rings (SSSR count). The van der Waals surface area contributed by atoms with E-state index < -0.39 is 0 Å². The zero-order valence-corrected chi connectivity index (χ0v) is 15.8. The van der Waals surface area contributed by atoms with Crippen molar-refractivity contribution in [1.29, 1.82) is 0 Å². The maximum absolute atomic E-state index is 12.3. The van der Waals surface area contributed by atoms with Crippen LogP contribution in [-0.2, 0) is 12.1 Å². The summed E-state index contributed by atoms with van der Waals surface area (Å²) in [5.74, 6) is 0.540. The summed E-state index contributed by atoms with van der Waals surface area (Å²) in [7, 11) is 1.91. The highest BCUT2D eigenvalue weighted by molar-refractivity contribution is 9.11. The monoisotopic (exact) mass is 395 g/mol. The highest BCUT2D eigenvalue weighted by Crippen LogP contribution is 2.24. The Morgan fingerprint density at radius 2 is 2.13 bits per heavy atom. The molecule has 6 nitrogen and oxygen atoms in total. The molecule has 0 fully saturated rings. The summed E-state index contributed by atoms with van der Waals surface area (Å²) in [5.41, 5.74) is 0.201. The largest absolute Gasteiger partial charge is 0.340 e. The number of nitrogens with zero attached hydrogens (tertiary/aromatic N) is 4. The lowest BCUT2D eigenvalue weighted by Gasteiger charge is -2.21. The van der Waals surface area contributed by atoms with Crippen molar-refractivity contribution in [1.82, 2.24) is 19.7 Å². The molecule has 0 aliphatic carbocycles. The van der Waals surface area contributed by atoms with Crippen molar-refractivity contribution in [2.75, 3.05) is 11.9 Å². The molecule has 0 radical (unpaired) electrons. The van der Waals surface area contributed by atoms with Crippen LogP contribution >= 0.6 is 27.3 Å². The van der Waals surface area contributed by atoms with Gasteiger partial charge in [0, 0.05) is 11.9 Å². The van der Waals surface area contributed by atoms with Crippen molar-refractivity contribution in [3.05, 3.63) is 37.3 Å². The highest BCUT2D eigenvalue weighted by atomic mass is 79.9. The average Bonchev–Trinajstić information content (AvgIpc) is 3.04. The standard InChI is InChI=1S/C15H18BrN5OS/c1-15(2,3)21-12-10(7-17-21)13(22)19-14(18-12)20(4)8-9-5-6-11(16)23-9/h5-7H,8H2,1-4H3,(H,18,19,22). The first kappa shape index (κ1) is 16.2. The Balaban J connectivity index is 2.02. The molecular weight excluding hydrogens is 378 g/mol. The summed E-state index contributed by atoms with van der Waals surface area (Å²) in [5, 5.41) is 4.84. The number of hydrogen-bond donors (Lipinski definition) is 1. The average molecular weight is 396 g/mol. The Morgan fingerprint density at radius 1 is 1.39 bits per heavy atom. The molecule has 1 N–H and O–H groups in total. The van der Waals surface area contributed by atoms with Crippen LogP contribution < -0.4 is 10.5 Å². The number of H-pyrrole nitrogens is 1. The van der Waals surface area contributed by atoms with Gasteiger partial charge in [0.1, 0.15) is 5.39 Å². The van der Waals surface area contributed by atoms with Crippen LogP contribution in [0.2, 0.25) is 0 Å². The molecule has 3 aromatic heterocycles. The molecule has 0 amide bonds. The number of halogens is 1. The summed E-state index contributed by atoms with van der Waals surface area (Å²) < 4.78 is 2.88. The van der Waals surface area contributed by atoms with Crippen LogP contribution in [-0.4, -0.2) is 26.8 Å². The maximum atomic E-state index is 12.3. The van der Waals surface area contributed by atoms with E-state index in [-0.39, 0.29) is 11.1 Å². The molecule has 0 bridgehead atoms. The number of thiophene rings is 1. The molecule has 122 valence electrons. The minimum absolute atomic E-state index is 0.167. The van der Waals surface area contributed by atoms with Gasteiger partial charge < -0.3 is 4.90 Å². The number of anilines is 1. The molecule has 0 aliphatic rings. The lowest BCUT2D eigenvalue weighted by molar-refractivity contribution is 0.366. The van der Waals surface area contributed by atoms with E-state index >= 15 is 0 Å². The minimum atomic E-state index is -0.239. The number of aromatic amines is 1. The molecule has 3 aromatic rings. The molecule has 0 unspecified atom stereocenters. The van der Waals surface area contributed by atoms with Crippen LogP contribution in [0.5, 0.6) is 0 Å². The number of rotatable bonds is 3. The summed E-state index contributed by atoms with van der Waals surface area (Å²) >= 11 is 5.13. The normalized spacial score (nSPS) is 12.0. The zero-order chi connectivity index (χ0) is 16.8. The van der Waals surface area contributed by atoms with Crippen molar-refractivity contribution < 1.29 is 0 Å². The van der Waals surface area contributed by atoms with E-state index in [0.29, 0.717) is 23.5 Å². The van der Waals surface area contributed by atoms with Gasteiger partial charge in [-0.2, -0.15) is 10.1 Å². The van der Waals surface area contributed by atoms with E-state index in [4.69, 9.17) is 0 Å². The molecule has 23 heavy (non-hydrogen) atoms. The van der Waals surface area contributed by atoms with E-state index in [1.165, 1.54) is 4.88 Å². The van der Waals surface area contributed by atoms with E-state index in [0.717, 1.165) is 3.79 Å². The van der Waals surface area contributed by atoms with Crippen molar-refractivity contribution in [3.63, 3.8) is 0 Å². The summed E-state index contributed by atoms with van der Waals surface area (Å²) in [4.78, 5) is 22.9. The van der Waals surface area contributed by atoms with E-state index in [2.05, 4.69) is 37.1 Å². The van der Waals surface area contributed by atoms with Crippen LogP contribution in [0.1, 0.15) is 25.6 Å². The first-order valence-electron chi connectivity index (χ1n) is 7.19. The topological polar surface area (TPSA) is 66.8 Å². The van der Waals surface area contributed by atoms with Crippen molar-refractivity contribution in [2.24, 2.45) is 0 Å². The van der Waals surface area contributed by atoms with Crippen LogP contribution in [0, 0.1) is 0 Å². The van der Waals surface area contributed by atoms with Gasteiger partial charge in [0.05, 0.1) is 22.1 Å². The lowest BCUT2D eigenvalue weighted by Crippen LogP contribution is -2.26. The second kappa shape index (κ2) is 5.76. The molecule has 3 heterocycles. The van der Waals surface area contributed by atoms with Gasteiger partial charge >= 0.3 is 0 Å². The maximum Gasteiger partial charge on any atom is 0.263 e. The number of nitrogens with one attached hydrogen (secondary N) is 1. The van der Waals surface area contributed by atoms with Gasteiger partial charge in [-0.25, -0.2) is 4.68 Å². The van der Waals surface area contributed by atoms with Crippen LogP contribution in [0.25, 0.3) is 11.0 Å². The molecule has 0 spiro atoms. The molecule has 0 saturated heterocycles. The van der Waals surface area contributed by atoms with Gasteiger partial charge in [-0.1, -0.05) is 0 Å². The fourth-order valence-corrected chi connectivity index (χ4v) is 3.86. The Bertz CT molecular complexity index is 905. The number of aromatic nitrogens is 4. The molecular formula is C15H18BrN5OS. The summed E-state index contributed by atoms with van der Waals surface area (Å²) in [6, 6.07) is 4.07. The first-order chi connectivity index (χ1) is 10.8. The third-order valence-corrected chi connectivity index (χ3v) is 5.05. The second-order valence-corrected chi connectivity index (χ2v) is 8.96. The second-order valence-electron chi connectivity index (χ2n) is 6.42. The summed E-state index contributed by atoms with van der Waals surface area (Å²) in [6.07, 6.45) is 1.58. The Labute approximate surface area is 146 Å². The number of hydrogen-bond acceptors (Lipinski definition) is 5. The van der Waals surface area contributed by atoms with Gasteiger partial charge in [-0.05, 0) is 48.8 Å². The zero-order valence-electron chi connectivity index (χ0n) is 13.4. The quantitative estimate of drug-likeness (QED) is 0.738. The third-order valence-electron chi connectivity index (χ3n) is 3.44. The van der Waals surface area contributed by atoms with Gasteiger partial charge in [-0.15, -0.1) is 11.3 Å². The van der Waals surface area contributed by atoms with Gasteiger partial charge in [0.2, 0.25) is 5.95 Å². The predicted octanol–water partition coefficient (Wildman–Crippen LogP) is 3.34. The van der Waals surface area contributed by atoms with Gasteiger partial charge in [-0.3, -0.25) is 9.78 Å². The molecule has 0 atom stereocenters. The van der Waals surface area contributed by atoms with E-state index in [9.17, 15) is 4.79 Å². The van der Waals surface area contributed by atoms with Gasteiger partial charge in [0.15, 0.2) is 5.65 Å². The smallest absolute Gasteiger partial charge is 0.263 e.